The zero-order chi connectivity index (χ0) is 21.1. The van der Waals surface area contributed by atoms with Crippen molar-refractivity contribution < 1.29 is 0 Å². The molecule has 0 bridgehead atoms. The van der Waals surface area contributed by atoms with Crippen molar-refractivity contribution in [3.05, 3.63) is 77.3 Å². The Hall–Kier alpha value is -3.36. The van der Waals surface area contributed by atoms with Gasteiger partial charge in [-0.25, -0.2) is 9.67 Å². The Labute approximate surface area is 184 Å². The zero-order valence-electron chi connectivity index (χ0n) is 16.5. The Morgan fingerprint density at radius 3 is 2.33 bits per heavy atom. The van der Waals surface area contributed by atoms with Crippen LogP contribution in [0, 0.1) is 6.92 Å². The number of hydrogen-bond acceptors (Lipinski definition) is 5. The number of aromatic nitrogens is 3. The van der Waals surface area contributed by atoms with Gasteiger partial charge in [-0.2, -0.15) is 10.2 Å². The number of benzene rings is 2. The van der Waals surface area contributed by atoms with E-state index < -0.39 is 0 Å². The van der Waals surface area contributed by atoms with Crippen LogP contribution in [-0.2, 0) is 0 Å². The second kappa shape index (κ2) is 8.56. The lowest BCUT2D eigenvalue weighted by atomic mass is 10.1. The van der Waals surface area contributed by atoms with E-state index in [4.69, 9.17) is 28.0 Å². The molecule has 0 atom stereocenters. The summed E-state index contributed by atoms with van der Waals surface area (Å²) >= 11 is 6.36. The summed E-state index contributed by atoms with van der Waals surface area (Å²) in [4.78, 5) is 5.72. The average Bonchev–Trinajstić information content (AvgIpc) is 3.37. The average molecular weight is 433 g/mol. The van der Waals surface area contributed by atoms with Crippen molar-refractivity contribution in [3.63, 3.8) is 0 Å². The van der Waals surface area contributed by atoms with Gasteiger partial charge in [-0.3, -0.25) is 5.43 Å². The second-order valence-electron chi connectivity index (χ2n) is 6.64. The summed E-state index contributed by atoms with van der Waals surface area (Å²) in [6.07, 6.45) is 0. The number of rotatable bonds is 5. The first-order valence-corrected chi connectivity index (χ1v) is 10.5. The van der Waals surface area contributed by atoms with E-state index in [2.05, 4.69) is 40.9 Å². The third kappa shape index (κ3) is 4.14. The minimum absolute atomic E-state index is 0.127. The van der Waals surface area contributed by atoms with Crippen LogP contribution in [-0.4, -0.2) is 25.6 Å². The van der Waals surface area contributed by atoms with Gasteiger partial charge in [0.2, 0.25) is 5.13 Å². The molecule has 0 spiro atoms. The Morgan fingerprint density at radius 2 is 1.70 bits per heavy atom. The molecule has 4 rings (SSSR count). The highest BCUT2D eigenvalue weighted by Gasteiger charge is 2.18. The number of hydrogen-bond donors (Lipinski definition) is 2. The minimum Gasteiger partial charge on any atom is -0.375 e. The highest BCUT2D eigenvalue weighted by molar-refractivity contribution is 7.80. The molecule has 0 aliphatic heterocycles. The molecule has 0 saturated carbocycles. The highest BCUT2D eigenvalue weighted by atomic mass is 32.1. The van der Waals surface area contributed by atoms with Crippen molar-refractivity contribution in [1.29, 1.82) is 0 Å². The Bertz CT molecular complexity index is 1210. The topological polar surface area (TPSA) is 81.1 Å². The van der Waals surface area contributed by atoms with E-state index in [0.717, 1.165) is 43.9 Å². The Kier molecular flexibility index (Phi) is 5.69. The molecule has 30 heavy (non-hydrogen) atoms. The van der Waals surface area contributed by atoms with E-state index in [1.807, 2.05) is 54.9 Å². The molecule has 0 unspecified atom stereocenters. The molecule has 8 heteroatoms. The fourth-order valence-electron chi connectivity index (χ4n) is 3.09. The molecule has 4 aromatic rings. The first kappa shape index (κ1) is 19.9. The lowest BCUT2D eigenvalue weighted by molar-refractivity contribution is 0.876. The maximum Gasteiger partial charge on any atom is 0.211 e. The van der Waals surface area contributed by atoms with Gasteiger partial charge in [0.05, 0.1) is 27.7 Å². The van der Waals surface area contributed by atoms with Crippen LogP contribution in [0.1, 0.15) is 17.5 Å². The second-order valence-corrected chi connectivity index (χ2v) is 8.06. The molecule has 0 aliphatic carbocycles. The highest BCUT2D eigenvalue weighted by Crippen LogP contribution is 2.31. The van der Waals surface area contributed by atoms with Crippen molar-refractivity contribution in [2.75, 3.05) is 0 Å². The lowest BCUT2D eigenvalue weighted by Crippen LogP contribution is -2.25. The van der Waals surface area contributed by atoms with Crippen LogP contribution in [0.2, 0.25) is 0 Å². The van der Waals surface area contributed by atoms with Crippen LogP contribution in [0.4, 0.5) is 0 Å². The summed E-state index contributed by atoms with van der Waals surface area (Å²) in [6.45, 7) is 3.85. The SMILES string of the molecule is C/C(=N/NC(N)=S)c1sc(-n2nc(-c3ccccc3)cc2-c2ccccc2)nc1C. The predicted molar refractivity (Wildman–Crippen MR) is 127 cm³/mol. The molecule has 2 heterocycles. The van der Waals surface area contributed by atoms with Crippen LogP contribution >= 0.6 is 23.6 Å². The number of aryl methyl sites for hydroxylation is 1. The van der Waals surface area contributed by atoms with Gasteiger partial charge < -0.3 is 5.73 Å². The molecule has 2 aromatic carbocycles. The molecule has 0 aliphatic rings. The van der Waals surface area contributed by atoms with E-state index in [1.165, 1.54) is 11.3 Å². The van der Waals surface area contributed by atoms with Gasteiger partial charge in [-0.15, -0.1) is 0 Å². The summed E-state index contributed by atoms with van der Waals surface area (Å²) < 4.78 is 1.90. The fraction of sp³-hybridized carbons (Fsp3) is 0.0909. The molecular weight excluding hydrogens is 412 g/mol. The minimum atomic E-state index is 0.127. The molecule has 0 saturated heterocycles. The third-order valence-electron chi connectivity index (χ3n) is 4.48. The molecular formula is C22H20N6S2. The van der Waals surface area contributed by atoms with Gasteiger partial charge in [0.1, 0.15) is 0 Å². The summed E-state index contributed by atoms with van der Waals surface area (Å²) in [7, 11) is 0. The summed E-state index contributed by atoms with van der Waals surface area (Å²) in [5.41, 5.74) is 13.8. The first-order valence-electron chi connectivity index (χ1n) is 9.32. The molecule has 0 radical (unpaired) electrons. The standard InChI is InChI=1S/C22H20N6S2/c1-14-20(15(2)25-26-21(23)29)30-22(24-14)28-19(17-11-7-4-8-12-17)13-18(27-28)16-9-5-3-6-10-16/h3-13H,1-2H3,(H3,23,26,29)/b25-15-. The van der Waals surface area contributed by atoms with Crippen LogP contribution in [0.25, 0.3) is 27.6 Å². The van der Waals surface area contributed by atoms with Gasteiger partial charge in [0.25, 0.3) is 0 Å². The molecule has 6 nitrogen and oxygen atoms in total. The number of nitrogens with zero attached hydrogens (tertiary/aromatic N) is 4. The molecule has 0 amide bonds. The normalized spacial score (nSPS) is 11.5. The van der Waals surface area contributed by atoms with E-state index in [-0.39, 0.29) is 5.11 Å². The Balaban J connectivity index is 1.82. The van der Waals surface area contributed by atoms with Gasteiger partial charge in [-0.1, -0.05) is 72.0 Å². The lowest BCUT2D eigenvalue weighted by Gasteiger charge is -2.03. The summed E-state index contributed by atoms with van der Waals surface area (Å²) in [5.74, 6) is 0. The van der Waals surface area contributed by atoms with E-state index >= 15 is 0 Å². The number of hydrazone groups is 1. The van der Waals surface area contributed by atoms with Crippen LogP contribution < -0.4 is 11.2 Å². The van der Waals surface area contributed by atoms with E-state index in [0.29, 0.717) is 0 Å². The van der Waals surface area contributed by atoms with Crippen LogP contribution in [0.3, 0.4) is 0 Å². The molecule has 0 fully saturated rings. The van der Waals surface area contributed by atoms with Crippen molar-refractivity contribution in [1.82, 2.24) is 20.2 Å². The predicted octanol–water partition coefficient (Wildman–Crippen LogP) is 4.53. The van der Waals surface area contributed by atoms with Crippen LogP contribution in [0.5, 0.6) is 0 Å². The van der Waals surface area contributed by atoms with Gasteiger partial charge >= 0.3 is 0 Å². The maximum atomic E-state index is 5.48. The van der Waals surface area contributed by atoms with Crippen molar-refractivity contribution >= 4 is 34.4 Å². The van der Waals surface area contributed by atoms with E-state index in [9.17, 15) is 0 Å². The van der Waals surface area contributed by atoms with Crippen molar-refractivity contribution in [3.8, 4) is 27.6 Å². The number of thiocarbonyl (C=S) groups is 1. The zero-order valence-corrected chi connectivity index (χ0v) is 18.2. The monoisotopic (exact) mass is 432 g/mol. The van der Waals surface area contributed by atoms with Gasteiger partial charge in [0.15, 0.2) is 5.11 Å². The number of nitrogens with two attached hydrogens (primary N) is 1. The van der Waals surface area contributed by atoms with Gasteiger partial charge in [0, 0.05) is 11.1 Å². The van der Waals surface area contributed by atoms with Crippen molar-refractivity contribution in [2.24, 2.45) is 10.8 Å². The maximum absolute atomic E-state index is 5.48. The molecule has 150 valence electrons. The Morgan fingerprint density at radius 1 is 1.07 bits per heavy atom. The summed E-state index contributed by atoms with van der Waals surface area (Å²) in [5, 5.41) is 10.0. The molecule has 3 N–H and O–H groups in total. The smallest absolute Gasteiger partial charge is 0.211 e. The molecule has 2 aromatic heterocycles. The van der Waals surface area contributed by atoms with Gasteiger partial charge in [-0.05, 0) is 32.1 Å². The number of nitrogens with one attached hydrogen (secondary N) is 1. The fourth-order valence-corrected chi connectivity index (χ4v) is 4.11. The summed E-state index contributed by atoms with van der Waals surface area (Å²) in [6, 6.07) is 22.4. The quantitative estimate of drug-likeness (QED) is 0.275. The van der Waals surface area contributed by atoms with E-state index in [1.54, 1.807) is 0 Å². The number of thiazole rings is 1. The largest absolute Gasteiger partial charge is 0.375 e. The van der Waals surface area contributed by atoms with Crippen LogP contribution in [0.15, 0.2) is 71.8 Å². The van der Waals surface area contributed by atoms with Crippen molar-refractivity contribution in [2.45, 2.75) is 13.8 Å². The first-order chi connectivity index (χ1) is 14.5. The third-order valence-corrected chi connectivity index (χ3v) is 5.81.